The Morgan fingerprint density at radius 1 is 0.886 bits per heavy atom. The Balaban J connectivity index is 5.50. The number of thioether (sulfide) groups is 1. The number of carbonyl (C=O) groups is 5. The number of hydrogen-bond donors (Lipinski definition) is 7. The van der Waals surface area contributed by atoms with Crippen molar-refractivity contribution in [1.29, 1.82) is 0 Å². The van der Waals surface area contributed by atoms with Crippen molar-refractivity contribution in [2.75, 3.05) is 18.6 Å². The molecule has 35 heavy (non-hydrogen) atoms. The van der Waals surface area contributed by atoms with Gasteiger partial charge in [-0.05, 0) is 50.2 Å². The lowest BCUT2D eigenvalue weighted by Gasteiger charge is -2.26. The topological polar surface area (TPSA) is 214 Å². The van der Waals surface area contributed by atoms with Gasteiger partial charge in [0, 0.05) is 6.42 Å². The van der Waals surface area contributed by atoms with Crippen LogP contribution in [0.15, 0.2) is 0 Å². The van der Waals surface area contributed by atoms with Crippen molar-refractivity contribution < 1.29 is 34.2 Å². The Kier molecular flexibility index (Phi) is 16.7. The first-order valence-electron chi connectivity index (χ1n) is 11.8. The van der Waals surface area contributed by atoms with E-state index < -0.39 is 60.2 Å². The Hall–Kier alpha value is -2.38. The van der Waals surface area contributed by atoms with E-state index in [0.717, 1.165) is 0 Å². The number of carboxylic acids is 2. The number of carboxylic acid groups (broad SMARTS) is 2. The van der Waals surface area contributed by atoms with Crippen LogP contribution in [0.25, 0.3) is 0 Å². The van der Waals surface area contributed by atoms with Crippen molar-refractivity contribution in [2.24, 2.45) is 17.4 Å². The fourth-order valence-electron chi connectivity index (χ4n) is 3.17. The van der Waals surface area contributed by atoms with Gasteiger partial charge in [-0.1, -0.05) is 26.7 Å². The zero-order valence-corrected chi connectivity index (χ0v) is 21.6. The second-order valence-corrected chi connectivity index (χ2v) is 9.42. The van der Waals surface area contributed by atoms with Crippen molar-refractivity contribution >= 4 is 41.4 Å². The van der Waals surface area contributed by atoms with Crippen LogP contribution in [0.5, 0.6) is 0 Å². The zero-order valence-electron chi connectivity index (χ0n) is 20.7. The van der Waals surface area contributed by atoms with Crippen LogP contribution < -0.4 is 27.4 Å². The molecule has 0 rings (SSSR count). The fraction of sp³-hybridized carbons (Fsp3) is 0.773. The van der Waals surface area contributed by atoms with Gasteiger partial charge in [-0.15, -0.1) is 0 Å². The van der Waals surface area contributed by atoms with E-state index in [2.05, 4.69) is 16.0 Å². The maximum Gasteiger partial charge on any atom is 0.326 e. The van der Waals surface area contributed by atoms with Gasteiger partial charge in [0.2, 0.25) is 17.7 Å². The maximum absolute atomic E-state index is 13.0. The molecule has 0 saturated carbocycles. The Morgan fingerprint density at radius 3 is 1.97 bits per heavy atom. The van der Waals surface area contributed by atoms with Crippen molar-refractivity contribution in [3.8, 4) is 0 Å². The van der Waals surface area contributed by atoms with E-state index in [0.29, 0.717) is 38.0 Å². The second-order valence-electron chi connectivity index (χ2n) is 8.44. The molecule has 0 aliphatic carbocycles. The Labute approximate surface area is 210 Å². The van der Waals surface area contributed by atoms with Crippen LogP contribution in [0.3, 0.4) is 0 Å². The molecular formula is C22H41N5O7S. The van der Waals surface area contributed by atoms with Gasteiger partial charge in [-0.2, -0.15) is 11.8 Å². The first-order chi connectivity index (χ1) is 16.5. The molecule has 0 aromatic heterocycles. The van der Waals surface area contributed by atoms with Crippen molar-refractivity contribution in [2.45, 2.75) is 83.0 Å². The lowest BCUT2D eigenvalue weighted by atomic mass is 9.98. The van der Waals surface area contributed by atoms with Gasteiger partial charge in [0.25, 0.3) is 0 Å². The largest absolute Gasteiger partial charge is 0.481 e. The molecule has 0 heterocycles. The number of rotatable bonds is 19. The average molecular weight is 520 g/mol. The monoisotopic (exact) mass is 519 g/mol. The van der Waals surface area contributed by atoms with Gasteiger partial charge in [0.15, 0.2) is 0 Å². The predicted molar refractivity (Wildman–Crippen MR) is 134 cm³/mol. The van der Waals surface area contributed by atoms with Crippen LogP contribution in [0.1, 0.15) is 58.8 Å². The quantitative estimate of drug-likeness (QED) is 0.110. The first kappa shape index (κ1) is 32.6. The molecule has 5 unspecified atom stereocenters. The third-order valence-corrected chi connectivity index (χ3v) is 6.25. The number of unbranched alkanes of at least 4 members (excludes halogenated alkanes) is 1. The molecule has 0 aromatic carbocycles. The summed E-state index contributed by atoms with van der Waals surface area (Å²) in [7, 11) is 0. The fourth-order valence-corrected chi connectivity index (χ4v) is 3.64. The minimum Gasteiger partial charge on any atom is -0.481 e. The molecule has 0 saturated heterocycles. The van der Waals surface area contributed by atoms with E-state index in [1.165, 1.54) is 11.8 Å². The SMILES string of the molecule is CCC(C)C(NC(=O)C(CCC(=O)O)NC(=O)C(CCSC)NC(=O)C(N)CCCCN)C(=O)O. The zero-order chi connectivity index (χ0) is 27.0. The van der Waals surface area contributed by atoms with Crippen molar-refractivity contribution in [3.63, 3.8) is 0 Å². The number of nitrogens with two attached hydrogens (primary N) is 2. The predicted octanol–water partition coefficient (Wildman–Crippen LogP) is -0.354. The minimum atomic E-state index is -1.29. The minimum absolute atomic E-state index is 0.248. The van der Waals surface area contributed by atoms with Gasteiger partial charge in [0.05, 0.1) is 6.04 Å². The molecule has 0 radical (unpaired) electrons. The van der Waals surface area contributed by atoms with Gasteiger partial charge < -0.3 is 37.6 Å². The molecule has 0 aromatic rings. The molecule has 0 spiro atoms. The van der Waals surface area contributed by atoms with E-state index >= 15 is 0 Å². The summed E-state index contributed by atoms with van der Waals surface area (Å²) >= 11 is 1.46. The number of hydrogen-bond acceptors (Lipinski definition) is 8. The second kappa shape index (κ2) is 18.0. The van der Waals surface area contributed by atoms with Gasteiger partial charge in [-0.3, -0.25) is 19.2 Å². The molecule has 0 aliphatic rings. The van der Waals surface area contributed by atoms with Crippen LogP contribution in [0.2, 0.25) is 0 Å². The summed E-state index contributed by atoms with van der Waals surface area (Å²) in [6.45, 7) is 3.91. The Morgan fingerprint density at radius 2 is 1.46 bits per heavy atom. The summed E-state index contributed by atoms with van der Waals surface area (Å²) < 4.78 is 0. The molecule has 0 fully saturated rings. The van der Waals surface area contributed by atoms with Crippen LogP contribution in [0, 0.1) is 5.92 Å². The van der Waals surface area contributed by atoms with E-state index in [-0.39, 0.29) is 18.8 Å². The number of carbonyl (C=O) groups excluding carboxylic acids is 3. The third kappa shape index (κ3) is 13.3. The highest BCUT2D eigenvalue weighted by atomic mass is 32.2. The number of amides is 3. The average Bonchev–Trinajstić information content (AvgIpc) is 2.81. The van der Waals surface area contributed by atoms with Crippen LogP contribution in [-0.4, -0.2) is 82.6 Å². The highest BCUT2D eigenvalue weighted by molar-refractivity contribution is 7.98. The maximum atomic E-state index is 13.0. The van der Waals surface area contributed by atoms with Gasteiger partial charge in [0.1, 0.15) is 18.1 Å². The Bertz CT molecular complexity index is 710. The molecule has 3 amide bonds. The summed E-state index contributed by atoms with van der Waals surface area (Å²) in [5.74, 6) is -4.27. The summed E-state index contributed by atoms with van der Waals surface area (Å²) in [5, 5.41) is 26.0. The third-order valence-electron chi connectivity index (χ3n) is 5.61. The van der Waals surface area contributed by atoms with E-state index in [9.17, 15) is 29.1 Å². The van der Waals surface area contributed by atoms with Crippen molar-refractivity contribution in [3.05, 3.63) is 0 Å². The molecule has 0 bridgehead atoms. The van der Waals surface area contributed by atoms with E-state index in [1.807, 2.05) is 6.26 Å². The van der Waals surface area contributed by atoms with Gasteiger partial charge in [-0.25, -0.2) is 4.79 Å². The highest BCUT2D eigenvalue weighted by Gasteiger charge is 2.32. The lowest BCUT2D eigenvalue weighted by Crippen LogP contribution is -2.57. The summed E-state index contributed by atoms with van der Waals surface area (Å²) in [5.41, 5.74) is 11.4. The molecule has 12 nitrogen and oxygen atoms in total. The number of aliphatic carboxylic acids is 2. The lowest BCUT2D eigenvalue weighted by molar-refractivity contribution is -0.144. The van der Waals surface area contributed by atoms with E-state index in [1.54, 1.807) is 13.8 Å². The van der Waals surface area contributed by atoms with Crippen LogP contribution in [-0.2, 0) is 24.0 Å². The normalized spacial score (nSPS) is 15.2. The molecular weight excluding hydrogens is 478 g/mol. The van der Waals surface area contributed by atoms with Crippen molar-refractivity contribution in [1.82, 2.24) is 16.0 Å². The molecule has 9 N–H and O–H groups in total. The van der Waals surface area contributed by atoms with E-state index in [4.69, 9.17) is 16.6 Å². The number of nitrogens with one attached hydrogen (secondary N) is 3. The summed E-state index contributed by atoms with van der Waals surface area (Å²) in [6.07, 6.45) is 3.67. The molecule has 5 atom stereocenters. The van der Waals surface area contributed by atoms with Gasteiger partial charge >= 0.3 is 11.9 Å². The van der Waals surface area contributed by atoms with Crippen LogP contribution in [0.4, 0.5) is 0 Å². The summed E-state index contributed by atoms with van der Waals surface area (Å²) in [4.78, 5) is 61.0. The molecule has 0 aliphatic heterocycles. The highest BCUT2D eigenvalue weighted by Crippen LogP contribution is 2.10. The molecule has 202 valence electrons. The smallest absolute Gasteiger partial charge is 0.326 e. The summed E-state index contributed by atoms with van der Waals surface area (Å²) in [6, 6.07) is -4.32. The molecule has 13 heteroatoms. The first-order valence-corrected chi connectivity index (χ1v) is 13.2. The van der Waals surface area contributed by atoms with Crippen LogP contribution >= 0.6 is 11.8 Å². The standard InChI is InChI=1S/C22H41N5O7S/c1-4-13(2)18(22(33)34)27-21(32)15(8-9-17(28)29)26-20(31)16(10-12-35-3)25-19(30)14(24)7-5-6-11-23/h13-16,18H,4-12,23-24H2,1-3H3,(H,25,30)(H,26,31)(H,27,32)(H,28,29)(H,33,34).